The van der Waals surface area contributed by atoms with Crippen LogP contribution in [0.3, 0.4) is 0 Å². The van der Waals surface area contributed by atoms with Crippen LogP contribution >= 0.6 is 0 Å². The number of urea groups is 1. The number of terminal acetylenes is 1. The standard InChI is InChI=1S/C37H37FN6O3/c1-4-20-42(37(47)39-22-27-12-16-30(38)17-13-27)43-25-35(45)44-33(21-26-14-18-31(19-15-26)40(2)3)36(46)41(24-34(43)44)23-29-10-7-9-28-8-5-6-11-32(28)29/h1,5-19,33-34H,20-25H2,2-3H3,(H,39,47)/t33-,34+/m0/s1. The van der Waals surface area contributed by atoms with Gasteiger partial charge in [-0.15, -0.1) is 6.42 Å². The van der Waals surface area contributed by atoms with Gasteiger partial charge in [-0.25, -0.2) is 14.2 Å². The molecular weight excluding hydrogens is 595 g/mol. The van der Waals surface area contributed by atoms with E-state index in [9.17, 15) is 18.8 Å². The Bertz CT molecular complexity index is 1820. The van der Waals surface area contributed by atoms with E-state index in [1.807, 2.05) is 85.7 Å². The molecule has 6 rings (SSSR count). The van der Waals surface area contributed by atoms with Gasteiger partial charge in [0, 0.05) is 39.3 Å². The van der Waals surface area contributed by atoms with Crippen molar-refractivity contribution in [2.45, 2.75) is 31.7 Å². The lowest BCUT2D eigenvalue weighted by molar-refractivity contribution is -0.157. The van der Waals surface area contributed by atoms with Gasteiger partial charge in [-0.05, 0) is 51.7 Å². The molecule has 9 nitrogen and oxygen atoms in total. The van der Waals surface area contributed by atoms with E-state index in [4.69, 9.17) is 6.42 Å². The number of benzene rings is 4. The number of hydrogen-bond acceptors (Lipinski definition) is 5. The molecule has 2 aliphatic rings. The van der Waals surface area contributed by atoms with E-state index < -0.39 is 18.2 Å². The summed E-state index contributed by atoms with van der Waals surface area (Å²) in [5.41, 5.74) is 3.65. The van der Waals surface area contributed by atoms with Crippen LogP contribution in [0.25, 0.3) is 10.8 Å². The van der Waals surface area contributed by atoms with Gasteiger partial charge in [0.1, 0.15) is 18.0 Å². The Morgan fingerprint density at radius 1 is 0.957 bits per heavy atom. The van der Waals surface area contributed by atoms with Crippen LogP contribution in [-0.4, -0.2) is 83.6 Å². The Hall–Kier alpha value is -5.40. The van der Waals surface area contributed by atoms with Crippen LogP contribution in [0.5, 0.6) is 0 Å². The predicted octanol–water partition coefficient (Wildman–Crippen LogP) is 4.23. The summed E-state index contributed by atoms with van der Waals surface area (Å²) in [7, 11) is 3.93. The second-order valence-electron chi connectivity index (χ2n) is 12.1. The van der Waals surface area contributed by atoms with Gasteiger partial charge < -0.3 is 20.0 Å². The fraction of sp³-hybridized carbons (Fsp3) is 0.270. The van der Waals surface area contributed by atoms with Crippen LogP contribution in [0.4, 0.5) is 14.9 Å². The number of hydrazine groups is 1. The molecule has 4 aromatic carbocycles. The largest absolute Gasteiger partial charge is 0.378 e. The molecule has 10 heteroatoms. The quantitative estimate of drug-likeness (QED) is 0.280. The summed E-state index contributed by atoms with van der Waals surface area (Å²) in [5.74, 6) is 1.78. The lowest BCUT2D eigenvalue weighted by Gasteiger charge is -2.46. The number of nitrogens with one attached hydrogen (secondary N) is 1. The zero-order chi connectivity index (χ0) is 33.1. The monoisotopic (exact) mass is 632 g/mol. The molecular formula is C37H37FN6O3. The third kappa shape index (κ3) is 6.62. The molecule has 2 fully saturated rings. The topological polar surface area (TPSA) is 79.4 Å². The lowest BCUT2D eigenvalue weighted by atomic mass is 9.98. The van der Waals surface area contributed by atoms with E-state index in [0.717, 1.165) is 27.6 Å². The third-order valence-corrected chi connectivity index (χ3v) is 8.83. The van der Waals surface area contributed by atoms with Crippen molar-refractivity contribution in [3.8, 4) is 12.3 Å². The van der Waals surface area contributed by atoms with Crippen molar-refractivity contribution in [3.63, 3.8) is 0 Å². The molecule has 240 valence electrons. The molecule has 2 heterocycles. The van der Waals surface area contributed by atoms with Gasteiger partial charge in [0.2, 0.25) is 11.8 Å². The average molecular weight is 633 g/mol. The minimum atomic E-state index is -0.776. The van der Waals surface area contributed by atoms with Crippen LogP contribution in [0, 0.1) is 18.2 Å². The number of halogens is 1. The summed E-state index contributed by atoms with van der Waals surface area (Å²) in [6.07, 6.45) is 5.42. The van der Waals surface area contributed by atoms with Crippen molar-refractivity contribution >= 4 is 34.3 Å². The summed E-state index contributed by atoms with van der Waals surface area (Å²) in [6.45, 7) is 0.487. The van der Waals surface area contributed by atoms with Gasteiger partial charge in [-0.1, -0.05) is 72.7 Å². The van der Waals surface area contributed by atoms with Gasteiger partial charge in [0.15, 0.2) is 0 Å². The third-order valence-electron chi connectivity index (χ3n) is 8.83. The molecule has 0 unspecified atom stereocenters. The van der Waals surface area contributed by atoms with Gasteiger partial charge in [0.25, 0.3) is 0 Å². The van der Waals surface area contributed by atoms with Gasteiger partial charge in [-0.3, -0.25) is 9.59 Å². The summed E-state index contributed by atoms with van der Waals surface area (Å²) >= 11 is 0. The number of carbonyl (C=O) groups excluding carboxylic acids is 3. The molecule has 0 bridgehead atoms. The number of fused-ring (bicyclic) bond motifs is 2. The van der Waals surface area contributed by atoms with Crippen LogP contribution in [0.15, 0.2) is 91.0 Å². The van der Waals surface area contributed by atoms with E-state index in [2.05, 4.69) is 11.2 Å². The molecule has 2 aliphatic heterocycles. The number of amides is 4. The molecule has 0 radical (unpaired) electrons. The Kier molecular flexibility index (Phi) is 9.09. The summed E-state index contributed by atoms with van der Waals surface area (Å²) in [5, 5.41) is 8.01. The Morgan fingerprint density at radius 3 is 2.38 bits per heavy atom. The predicted molar refractivity (Wildman–Crippen MR) is 179 cm³/mol. The van der Waals surface area contributed by atoms with Crippen molar-refractivity contribution in [3.05, 3.63) is 114 Å². The Labute approximate surface area is 274 Å². The first-order chi connectivity index (χ1) is 22.7. The molecule has 2 saturated heterocycles. The normalized spacial score (nSPS) is 17.8. The SMILES string of the molecule is C#CCN(C(=O)NCc1ccc(F)cc1)N1CC(=O)N2[C@@H](Cc3ccc(N(C)C)cc3)C(=O)N(Cc3cccc4ccccc34)C[C@@H]21. The number of rotatable bonds is 9. The number of piperazine rings is 1. The smallest absolute Gasteiger partial charge is 0.333 e. The fourth-order valence-corrected chi connectivity index (χ4v) is 6.42. The van der Waals surface area contributed by atoms with Gasteiger partial charge in [0.05, 0.1) is 19.6 Å². The highest BCUT2D eigenvalue weighted by Gasteiger charge is 2.52. The molecule has 0 aliphatic carbocycles. The molecule has 1 N–H and O–H groups in total. The first-order valence-electron chi connectivity index (χ1n) is 15.6. The molecule has 47 heavy (non-hydrogen) atoms. The van der Waals surface area contributed by atoms with Crippen molar-refractivity contribution in [2.24, 2.45) is 0 Å². The van der Waals surface area contributed by atoms with Crippen molar-refractivity contribution in [2.75, 3.05) is 38.6 Å². The highest BCUT2D eigenvalue weighted by molar-refractivity contribution is 5.92. The lowest BCUT2D eigenvalue weighted by Crippen LogP contribution is -2.66. The molecule has 0 aromatic heterocycles. The molecule has 4 aromatic rings. The maximum Gasteiger partial charge on any atom is 0.333 e. The van der Waals surface area contributed by atoms with E-state index in [-0.39, 0.29) is 43.8 Å². The number of hydrogen-bond donors (Lipinski definition) is 1. The van der Waals surface area contributed by atoms with Crippen molar-refractivity contribution in [1.29, 1.82) is 0 Å². The van der Waals surface area contributed by atoms with E-state index in [1.165, 1.54) is 17.1 Å². The number of carbonyl (C=O) groups is 3. The summed E-state index contributed by atoms with van der Waals surface area (Å²) in [6, 6.07) is 26.6. The molecule has 0 spiro atoms. The van der Waals surface area contributed by atoms with Crippen LogP contribution in [0.1, 0.15) is 16.7 Å². The van der Waals surface area contributed by atoms with Crippen LogP contribution in [0.2, 0.25) is 0 Å². The number of nitrogens with zero attached hydrogens (tertiary/aromatic N) is 5. The van der Waals surface area contributed by atoms with Gasteiger partial charge in [-0.2, -0.15) is 5.01 Å². The second kappa shape index (κ2) is 13.5. The Morgan fingerprint density at radius 2 is 1.66 bits per heavy atom. The maximum atomic E-state index is 14.3. The fourth-order valence-electron chi connectivity index (χ4n) is 6.42. The molecule has 4 amide bonds. The molecule has 0 saturated carbocycles. The summed E-state index contributed by atoms with van der Waals surface area (Å²) in [4.78, 5) is 47.0. The van der Waals surface area contributed by atoms with Crippen LogP contribution < -0.4 is 10.2 Å². The first-order valence-corrected chi connectivity index (χ1v) is 15.6. The van der Waals surface area contributed by atoms with Crippen molar-refractivity contribution < 1.29 is 18.8 Å². The maximum absolute atomic E-state index is 14.3. The van der Waals surface area contributed by atoms with Crippen molar-refractivity contribution in [1.82, 2.24) is 25.1 Å². The zero-order valence-electron chi connectivity index (χ0n) is 26.5. The summed E-state index contributed by atoms with van der Waals surface area (Å²) < 4.78 is 13.4. The zero-order valence-corrected chi connectivity index (χ0v) is 26.5. The molecule has 2 atom stereocenters. The highest BCUT2D eigenvalue weighted by atomic mass is 19.1. The average Bonchev–Trinajstić information content (AvgIpc) is 3.40. The van der Waals surface area contributed by atoms with Crippen LogP contribution in [-0.2, 0) is 29.1 Å². The van der Waals surface area contributed by atoms with E-state index in [1.54, 1.807) is 26.9 Å². The second-order valence-corrected chi connectivity index (χ2v) is 12.1. The Balaban J connectivity index is 1.31. The van der Waals surface area contributed by atoms with Gasteiger partial charge >= 0.3 is 6.03 Å². The number of anilines is 1. The van der Waals surface area contributed by atoms with E-state index in [0.29, 0.717) is 18.5 Å². The highest BCUT2D eigenvalue weighted by Crippen LogP contribution is 2.31. The minimum absolute atomic E-state index is 0.0825. The first kappa shape index (κ1) is 31.6. The van der Waals surface area contributed by atoms with E-state index >= 15 is 0 Å². The minimum Gasteiger partial charge on any atom is -0.378 e.